The Balaban J connectivity index is 2.19. The highest BCUT2D eigenvalue weighted by molar-refractivity contribution is 5.45. The van der Waals surface area contributed by atoms with Gasteiger partial charge in [-0.05, 0) is 17.7 Å². The quantitative estimate of drug-likeness (QED) is 0.490. The van der Waals surface area contributed by atoms with Gasteiger partial charge in [-0.1, -0.05) is 12.1 Å². The van der Waals surface area contributed by atoms with Crippen molar-refractivity contribution in [2.24, 2.45) is 0 Å². The van der Waals surface area contributed by atoms with Crippen LogP contribution in [0.25, 0.3) is 0 Å². The predicted molar refractivity (Wildman–Crippen MR) is 59.9 cm³/mol. The SMILES string of the molecule is Nn1c(Cc2ccc(N([O-])O)cc2)n[nH]c1=O. The van der Waals surface area contributed by atoms with Gasteiger partial charge < -0.3 is 16.3 Å². The number of nitrogens with one attached hydrogen (secondary N) is 1. The van der Waals surface area contributed by atoms with Crippen LogP contribution in [-0.2, 0) is 6.42 Å². The number of nitrogens with two attached hydrogens (primary N) is 1. The Kier molecular flexibility index (Phi) is 2.81. The first-order valence-electron chi connectivity index (χ1n) is 4.74. The summed E-state index contributed by atoms with van der Waals surface area (Å²) in [5, 5.41) is 25.0. The van der Waals surface area contributed by atoms with Crippen LogP contribution < -0.4 is 16.8 Å². The molecule has 0 spiro atoms. The molecular weight excluding hydrogens is 226 g/mol. The number of anilines is 1. The molecule has 0 aliphatic heterocycles. The second-order valence-electron chi connectivity index (χ2n) is 3.43. The normalized spacial score (nSPS) is 10.5. The standard InChI is InChI=1S/C9H10N5O3/c10-13-8(11-12-9(13)15)5-6-1-3-7(4-2-6)14(16)17/h1-4,16H,5,10H2,(H,12,15)/q-1. The van der Waals surface area contributed by atoms with Crippen molar-refractivity contribution in [2.75, 3.05) is 11.1 Å². The van der Waals surface area contributed by atoms with Crippen molar-refractivity contribution in [1.82, 2.24) is 14.9 Å². The monoisotopic (exact) mass is 236 g/mol. The number of hydrogen-bond donors (Lipinski definition) is 3. The van der Waals surface area contributed by atoms with Crippen molar-refractivity contribution in [2.45, 2.75) is 6.42 Å². The summed E-state index contributed by atoms with van der Waals surface area (Å²) in [5.41, 5.74) is 0.444. The van der Waals surface area contributed by atoms with Gasteiger partial charge in [0, 0.05) is 6.42 Å². The molecule has 1 aromatic carbocycles. The third kappa shape index (κ3) is 2.27. The molecule has 1 aromatic heterocycles. The summed E-state index contributed by atoms with van der Waals surface area (Å²) in [5.74, 6) is 5.82. The Bertz CT molecular complexity index is 557. The third-order valence-electron chi connectivity index (χ3n) is 2.30. The Labute approximate surface area is 95.4 Å². The van der Waals surface area contributed by atoms with Gasteiger partial charge in [-0.2, -0.15) is 9.77 Å². The summed E-state index contributed by atoms with van der Waals surface area (Å²) in [7, 11) is 0. The fourth-order valence-corrected chi connectivity index (χ4v) is 1.39. The van der Waals surface area contributed by atoms with E-state index in [0.29, 0.717) is 12.2 Å². The molecule has 0 atom stereocenters. The zero-order chi connectivity index (χ0) is 12.4. The topological polar surface area (TPSA) is 123 Å². The maximum Gasteiger partial charge on any atom is 0.361 e. The lowest BCUT2D eigenvalue weighted by atomic mass is 10.1. The summed E-state index contributed by atoms with van der Waals surface area (Å²) in [6.45, 7) is 0. The molecule has 2 rings (SSSR count). The van der Waals surface area contributed by atoms with E-state index in [2.05, 4.69) is 10.2 Å². The first kappa shape index (κ1) is 11.2. The number of nitrogens with zero attached hydrogens (tertiary/aromatic N) is 3. The fourth-order valence-electron chi connectivity index (χ4n) is 1.39. The molecule has 0 unspecified atom stereocenters. The molecule has 0 aliphatic rings. The highest BCUT2D eigenvalue weighted by atomic mass is 16.8. The average Bonchev–Trinajstić information content (AvgIpc) is 2.62. The minimum atomic E-state index is -0.488. The number of rotatable bonds is 3. The van der Waals surface area contributed by atoms with Crippen LogP contribution in [0.1, 0.15) is 11.4 Å². The van der Waals surface area contributed by atoms with E-state index in [1.165, 1.54) is 12.1 Å². The van der Waals surface area contributed by atoms with Crippen molar-refractivity contribution in [3.8, 4) is 0 Å². The van der Waals surface area contributed by atoms with Gasteiger partial charge in [0.25, 0.3) is 0 Å². The van der Waals surface area contributed by atoms with Crippen LogP contribution in [0.3, 0.4) is 0 Å². The van der Waals surface area contributed by atoms with E-state index >= 15 is 0 Å². The second kappa shape index (κ2) is 4.28. The number of nitrogen functional groups attached to an aromatic ring is 1. The van der Waals surface area contributed by atoms with Crippen LogP contribution in [0.4, 0.5) is 5.69 Å². The van der Waals surface area contributed by atoms with Gasteiger partial charge in [0.05, 0.1) is 5.69 Å². The summed E-state index contributed by atoms with van der Waals surface area (Å²) < 4.78 is 0.917. The molecular formula is C9H10N5O3-. The number of benzene rings is 1. The van der Waals surface area contributed by atoms with Crippen molar-refractivity contribution >= 4 is 5.69 Å². The van der Waals surface area contributed by atoms with Crippen molar-refractivity contribution in [3.05, 3.63) is 51.3 Å². The molecule has 0 amide bonds. The van der Waals surface area contributed by atoms with Gasteiger partial charge in [-0.25, -0.2) is 9.89 Å². The van der Waals surface area contributed by atoms with Crippen molar-refractivity contribution in [1.29, 1.82) is 0 Å². The maximum absolute atomic E-state index is 11.0. The number of H-pyrrole nitrogens is 1. The Hall–Kier alpha value is -2.32. The van der Waals surface area contributed by atoms with E-state index in [1.807, 2.05) is 0 Å². The molecule has 0 radical (unpaired) electrons. The molecule has 0 saturated heterocycles. The van der Waals surface area contributed by atoms with Crippen molar-refractivity contribution in [3.63, 3.8) is 0 Å². The molecule has 8 heteroatoms. The van der Waals surface area contributed by atoms with Crippen LogP contribution in [0, 0.1) is 5.21 Å². The van der Waals surface area contributed by atoms with Gasteiger partial charge in [0.2, 0.25) is 0 Å². The third-order valence-corrected chi connectivity index (χ3v) is 2.30. The maximum atomic E-state index is 11.0. The van der Waals surface area contributed by atoms with Crippen molar-refractivity contribution < 1.29 is 5.21 Å². The molecule has 2 aromatic rings. The van der Waals surface area contributed by atoms with E-state index in [1.54, 1.807) is 12.1 Å². The fraction of sp³-hybridized carbons (Fsp3) is 0.111. The first-order chi connectivity index (χ1) is 8.08. The van der Waals surface area contributed by atoms with Gasteiger partial charge in [-0.15, -0.1) is 0 Å². The zero-order valence-electron chi connectivity index (χ0n) is 8.70. The minimum Gasteiger partial charge on any atom is -0.733 e. The van der Waals surface area contributed by atoms with Crippen LogP contribution >= 0.6 is 0 Å². The first-order valence-corrected chi connectivity index (χ1v) is 4.74. The zero-order valence-corrected chi connectivity index (χ0v) is 8.70. The van der Waals surface area contributed by atoms with Crippen LogP contribution in [0.5, 0.6) is 0 Å². The van der Waals surface area contributed by atoms with Gasteiger partial charge in [-0.3, -0.25) is 5.21 Å². The molecule has 4 N–H and O–H groups in total. The van der Waals surface area contributed by atoms with Gasteiger partial charge in [0.15, 0.2) is 5.82 Å². The van der Waals surface area contributed by atoms with Gasteiger partial charge in [0.1, 0.15) is 0 Å². The molecule has 90 valence electrons. The van der Waals surface area contributed by atoms with E-state index in [9.17, 15) is 10.0 Å². The second-order valence-corrected chi connectivity index (χ2v) is 3.43. The highest BCUT2D eigenvalue weighted by Gasteiger charge is 2.05. The molecule has 0 saturated carbocycles. The summed E-state index contributed by atoms with van der Waals surface area (Å²) in [6.07, 6.45) is 0.347. The molecule has 0 bridgehead atoms. The Morgan fingerprint density at radius 2 is 2.12 bits per heavy atom. The van der Waals surface area contributed by atoms with Crippen LogP contribution in [0.2, 0.25) is 0 Å². The number of aromatic amines is 1. The molecule has 0 fully saturated rings. The van der Waals surface area contributed by atoms with E-state index in [-0.39, 0.29) is 10.9 Å². The molecule has 8 nitrogen and oxygen atoms in total. The highest BCUT2D eigenvalue weighted by Crippen LogP contribution is 2.13. The molecule has 1 heterocycles. The van der Waals surface area contributed by atoms with E-state index in [0.717, 1.165) is 10.2 Å². The number of hydrogen-bond acceptors (Lipinski definition) is 6. The van der Waals surface area contributed by atoms with E-state index < -0.39 is 5.69 Å². The predicted octanol–water partition coefficient (Wildman–Crippen LogP) is -0.431. The number of aromatic nitrogens is 3. The van der Waals surface area contributed by atoms with Crippen LogP contribution in [-0.4, -0.2) is 20.1 Å². The average molecular weight is 236 g/mol. The molecule has 17 heavy (non-hydrogen) atoms. The van der Waals surface area contributed by atoms with Crippen LogP contribution in [0.15, 0.2) is 29.1 Å². The summed E-state index contributed by atoms with van der Waals surface area (Å²) in [6, 6.07) is 6.17. The molecule has 0 aliphatic carbocycles. The Morgan fingerprint density at radius 3 is 2.59 bits per heavy atom. The van der Waals surface area contributed by atoms with Gasteiger partial charge >= 0.3 is 5.69 Å². The Morgan fingerprint density at radius 1 is 1.47 bits per heavy atom. The lowest BCUT2D eigenvalue weighted by molar-refractivity contribution is 0.296. The smallest absolute Gasteiger partial charge is 0.361 e. The largest absolute Gasteiger partial charge is 0.733 e. The summed E-state index contributed by atoms with van der Waals surface area (Å²) in [4.78, 5) is 11.0. The summed E-state index contributed by atoms with van der Waals surface area (Å²) >= 11 is 0. The van der Waals surface area contributed by atoms with E-state index in [4.69, 9.17) is 11.0 Å². The lowest BCUT2D eigenvalue weighted by Gasteiger charge is -2.21. The minimum absolute atomic E-state index is 0.126. The lowest BCUT2D eigenvalue weighted by Crippen LogP contribution is -2.26.